The fourth-order valence-corrected chi connectivity index (χ4v) is 4.24. The van der Waals surface area contributed by atoms with Gasteiger partial charge in [-0.25, -0.2) is 0 Å². The van der Waals surface area contributed by atoms with Crippen LogP contribution >= 0.6 is 11.6 Å². The van der Waals surface area contributed by atoms with Crippen LogP contribution in [-0.4, -0.2) is 57.4 Å². The van der Waals surface area contributed by atoms with Crippen molar-refractivity contribution in [2.75, 3.05) is 19.6 Å². The maximum atomic E-state index is 12.8. The summed E-state index contributed by atoms with van der Waals surface area (Å²) in [5, 5.41) is 4.66. The summed E-state index contributed by atoms with van der Waals surface area (Å²) in [5.74, 6) is 1.83. The third kappa shape index (κ3) is 5.01. The zero-order chi connectivity index (χ0) is 21.1. The molecule has 0 N–H and O–H groups in total. The van der Waals surface area contributed by atoms with Crippen molar-refractivity contribution in [3.05, 3.63) is 46.6 Å². The molecule has 1 unspecified atom stereocenters. The van der Waals surface area contributed by atoms with Gasteiger partial charge in [0.05, 0.1) is 6.42 Å². The first-order valence-corrected chi connectivity index (χ1v) is 11.0. The van der Waals surface area contributed by atoms with Crippen molar-refractivity contribution in [3.63, 3.8) is 0 Å². The molecule has 2 fully saturated rings. The number of amides is 2. The zero-order valence-corrected chi connectivity index (χ0v) is 18.0. The fourth-order valence-electron chi connectivity index (χ4n) is 4.03. The van der Waals surface area contributed by atoms with E-state index in [4.69, 9.17) is 16.1 Å². The van der Waals surface area contributed by atoms with Crippen molar-refractivity contribution in [1.82, 2.24) is 19.9 Å². The molecular weight excluding hydrogens is 404 g/mol. The first-order chi connectivity index (χ1) is 14.5. The molecule has 0 radical (unpaired) electrons. The molecule has 0 bridgehead atoms. The second-order valence-corrected chi connectivity index (χ2v) is 8.60. The quantitative estimate of drug-likeness (QED) is 0.673. The third-order valence-electron chi connectivity index (χ3n) is 5.88. The van der Waals surface area contributed by atoms with Crippen LogP contribution in [0.25, 0.3) is 0 Å². The highest BCUT2D eigenvalue weighted by atomic mass is 35.5. The van der Waals surface area contributed by atoms with E-state index < -0.39 is 0 Å². The minimum atomic E-state index is 0.00116. The van der Waals surface area contributed by atoms with E-state index in [2.05, 4.69) is 10.1 Å². The molecule has 0 spiro atoms. The molecule has 8 heteroatoms. The van der Waals surface area contributed by atoms with E-state index in [9.17, 15) is 9.59 Å². The number of carbonyl (C=O) groups excluding carboxylic acids is 2. The summed E-state index contributed by atoms with van der Waals surface area (Å²) >= 11 is 6.21. The lowest BCUT2D eigenvalue weighted by Crippen LogP contribution is -2.52. The van der Waals surface area contributed by atoms with Crippen LogP contribution in [0.5, 0.6) is 0 Å². The Kier molecular flexibility index (Phi) is 6.37. The van der Waals surface area contributed by atoms with Crippen LogP contribution in [0.1, 0.15) is 55.8 Å². The van der Waals surface area contributed by atoms with Gasteiger partial charge in [-0.05, 0) is 37.3 Å². The van der Waals surface area contributed by atoms with E-state index in [1.807, 2.05) is 28.0 Å². The number of halogens is 1. The Hall–Kier alpha value is -2.41. The second-order valence-electron chi connectivity index (χ2n) is 8.19. The summed E-state index contributed by atoms with van der Waals surface area (Å²) in [6, 6.07) is 7.42. The topological polar surface area (TPSA) is 79.5 Å². The molecule has 4 rings (SSSR count). The maximum Gasteiger partial charge on any atom is 0.229 e. The van der Waals surface area contributed by atoms with Gasteiger partial charge >= 0.3 is 0 Å². The Bertz CT molecular complexity index is 911. The number of benzene rings is 1. The van der Waals surface area contributed by atoms with Gasteiger partial charge in [-0.15, -0.1) is 0 Å². The number of hydrogen-bond donors (Lipinski definition) is 0. The number of carbonyl (C=O) groups is 2. The molecule has 2 aromatic rings. The lowest BCUT2D eigenvalue weighted by Gasteiger charge is -2.39. The Morgan fingerprint density at radius 2 is 2.07 bits per heavy atom. The molecule has 160 valence electrons. The molecule has 30 heavy (non-hydrogen) atoms. The second kappa shape index (κ2) is 9.16. The summed E-state index contributed by atoms with van der Waals surface area (Å²) in [4.78, 5) is 33.3. The average Bonchev–Trinajstić information content (AvgIpc) is 3.48. The minimum absolute atomic E-state index is 0.00116. The van der Waals surface area contributed by atoms with E-state index in [1.54, 1.807) is 13.0 Å². The normalized spacial score (nSPS) is 19.0. The van der Waals surface area contributed by atoms with Crippen LogP contribution in [0.3, 0.4) is 0 Å². The van der Waals surface area contributed by atoms with Crippen molar-refractivity contribution in [2.24, 2.45) is 0 Å². The average molecular weight is 431 g/mol. The Labute approximate surface area is 181 Å². The van der Waals surface area contributed by atoms with Crippen molar-refractivity contribution in [1.29, 1.82) is 0 Å². The van der Waals surface area contributed by atoms with Gasteiger partial charge in [0.1, 0.15) is 0 Å². The van der Waals surface area contributed by atoms with Gasteiger partial charge < -0.3 is 14.3 Å². The summed E-state index contributed by atoms with van der Waals surface area (Å²) in [7, 11) is 0. The third-order valence-corrected chi connectivity index (χ3v) is 6.25. The van der Waals surface area contributed by atoms with Gasteiger partial charge in [0.15, 0.2) is 5.82 Å². The number of piperidine rings is 1. The molecule has 1 aromatic heterocycles. The van der Waals surface area contributed by atoms with Gasteiger partial charge in [0.2, 0.25) is 17.7 Å². The number of likely N-dealkylation sites (tertiary alicyclic amines) is 1. The number of aromatic nitrogens is 2. The maximum absolute atomic E-state index is 12.8. The van der Waals surface area contributed by atoms with Crippen molar-refractivity contribution < 1.29 is 14.1 Å². The highest BCUT2D eigenvalue weighted by molar-refractivity contribution is 6.31. The van der Waals surface area contributed by atoms with Gasteiger partial charge in [-0.3, -0.25) is 9.59 Å². The lowest BCUT2D eigenvalue weighted by molar-refractivity contribution is -0.138. The van der Waals surface area contributed by atoms with Crippen molar-refractivity contribution in [3.8, 4) is 0 Å². The highest BCUT2D eigenvalue weighted by Crippen LogP contribution is 2.38. The van der Waals surface area contributed by atoms with Crippen LogP contribution in [0.4, 0.5) is 0 Å². The largest absolute Gasteiger partial charge is 0.340 e. The van der Waals surface area contributed by atoms with Gasteiger partial charge in [0.25, 0.3) is 0 Å². The first kappa shape index (κ1) is 20.8. The molecule has 1 aromatic carbocycles. The molecule has 1 aliphatic carbocycles. The number of nitrogens with zero attached hydrogens (tertiary/aromatic N) is 4. The molecule has 2 amide bonds. The SMILES string of the molecule is CC(=O)N(CCc1noc(C2CC2)n1)C1CCCN(C(=O)Cc2ccccc2Cl)C1. The fraction of sp³-hybridized carbons (Fsp3) is 0.545. The van der Waals surface area contributed by atoms with Crippen LogP contribution < -0.4 is 0 Å². The Morgan fingerprint density at radius 3 is 2.80 bits per heavy atom. The summed E-state index contributed by atoms with van der Waals surface area (Å²) in [6.45, 7) is 3.36. The predicted octanol–water partition coefficient (Wildman–Crippen LogP) is 3.23. The van der Waals surface area contributed by atoms with Gasteiger partial charge in [0, 0.05) is 50.0 Å². The Balaban J connectivity index is 1.36. The summed E-state index contributed by atoms with van der Waals surface area (Å²) in [5.41, 5.74) is 0.832. The van der Waals surface area contributed by atoms with Crippen molar-refractivity contribution in [2.45, 2.75) is 57.4 Å². The van der Waals surface area contributed by atoms with Crippen LogP contribution in [0, 0.1) is 0 Å². The smallest absolute Gasteiger partial charge is 0.229 e. The standard InChI is InChI=1S/C22H27ClN4O3/c1-15(28)27(12-10-20-24-22(30-25-20)16-8-9-16)18-6-4-11-26(14-18)21(29)13-17-5-2-3-7-19(17)23/h2-3,5,7,16,18H,4,6,8-14H2,1H3. The van der Waals surface area contributed by atoms with Crippen LogP contribution in [-0.2, 0) is 22.4 Å². The Morgan fingerprint density at radius 1 is 1.27 bits per heavy atom. The number of hydrogen-bond acceptors (Lipinski definition) is 5. The van der Waals surface area contributed by atoms with Gasteiger partial charge in [-0.1, -0.05) is 35.0 Å². The molecule has 1 atom stereocenters. The lowest BCUT2D eigenvalue weighted by atomic mass is 10.0. The zero-order valence-electron chi connectivity index (χ0n) is 17.2. The molecule has 1 saturated carbocycles. The van der Waals surface area contributed by atoms with Crippen molar-refractivity contribution >= 4 is 23.4 Å². The van der Waals surface area contributed by atoms with E-state index in [-0.39, 0.29) is 24.3 Å². The predicted molar refractivity (Wildman–Crippen MR) is 112 cm³/mol. The van der Waals surface area contributed by atoms with Gasteiger partial charge in [-0.2, -0.15) is 4.98 Å². The molecule has 2 heterocycles. The van der Waals surface area contributed by atoms with Crippen LogP contribution in [0.15, 0.2) is 28.8 Å². The highest BCUT2D eigenvalue weighted by Gasteiger charge is 2.31. The van der Waals surface area contributed by atoms with E-state index in [0.717, 1.165) is 31.2 Å². The monoisotopic (exact) mass is 430 g/mol. The van der Waals surface area contributed by atoms with E-state index in [0.29, 0.717) is 48.7 Å². The molecule has 2 aliphatic rings. The first-order valence-electron chi connectivity index (χ1n) is 10.6. The number of rotatable bonds is 7. The van der Waals surface area contributed by atoms with E-state index >= 15 is 0 Å². The molecular formula is C22H27ClN4O3. The summed E-state index contributed by atoms with van der Waals surface area (Å²) in [6.07, 6.45) is 4.81. The summed E-state index contributed by atoms with van der Waals surface area (Å²) < 4.78 is 5.31. The minimum Gasteiger partial charge on any atom is -0.340 e. The molecule has 1 saturated heterocycles. The molecule has 1 aliphatic heterocycles. The van der Waals surface area contributed by atoms with Crippen LogP contribution in [0.2, 0.25) is 5.02 Å². The molecule has 7 nitrogen and oxygen atoms in total. The van der Waals surface area contributed by atoms with E-state index in [1.165, 1.54) is 0 Å².